The summed E-state index contributed by atoms with van der Waals surface area (Å²) in [5.74, 6) is 0.903. The van der Waals surface area contributed by atoms with Crippen molar-refractivity contribution >= 4 is 11.0 Å². The Labute approximate surface area is 175 Å². The predicted molar refractivity (Wildman–Crippen MR) is 121 cm³/mol. The molecule has 3 heterocycles. The van der Waals surface area contributed by atoms with Gasteiger partial charge in [-0.15, -0.1) is 0 Å². The topological polar surface area (TPSA) is 54.5 Å². The van der Waals surface area contributed by atoms with Crippen LogP contribution in [0.15, 0.2) is 91.3 Å². The molecule has 1 atom stereocenters. The van der Waals surface area contributed by atoms with Crippen LogP contribution < -0.4 is 0 Å². The highest BCUT2D eigenvalue weighted by atomic mass is 14.9. The van der Waals surface area contributed by atoms with E-state index in [9.17, 15) is 0 Å². The number of nitrogens with zero attached hydrogens (tertiary/aromatic N) is 3. The van der Waals surface area contributed by atoms with Crippen molar-refractivity contribution in [3.8, 4) is 22.5 Å². The first-order valence-electron chi connectivity index (χ1n) is 10.3. The van der Waals surface area contributed by atoms with Crippen LogP contribution in [-0.4, -0.2) is 19.9 Å². The van der Waals surface area contributed by atoms with Crippen molar-refractivity contribution in [1.29, 1.82) is 0 Å². The largest absolute Gasteiger partial charge is 0.338 e. The van der Waals surface area contributed by atoms with E-state index in [1.165, 1.54) is 5.56 Å². The molecule has 2 aromatic carbocycles. The molecule has 5 aromatic rings. The van der Waals surface area contributed by atoms with Gasteiger partial charge in [-0.1, -0.05) is 55.5 Å². The summed E-state index contributed by atoms with van der Waals surface area (Å²) in [5, 5.41) is 0. The standard InChI is InChI=1S/C26H22N4/c1-2-19(24-20(12-8-16-27-24)18-10-4-3-5-11-18)25-21(13-9-17-28-25)26-29-22-14-6-7-15-23(22)30-26/h3-17,19H,2H2,1H3,(H,29,30). The van der Waals surface area contributed by atoms with Crippen LogP contribution in [-0.2, 0) is 0 Å². The number of imidazole rings is 1. The maximum absolute atomic E-state index is 4.82. The lowest BCUT2D eigenvalue weighted by molar-refractivity contribution is 0.728. The van der Waals surface area contributed by atoms with Gasteiger partial charge in [0.05, 0.1) is 22.4 Å². The zero-order valence-corrected chi connectivity index (χ0v) is 16.8. The second kappa shape index (κ2) is 7.91. The summed E-state index contributed by atoms with van der Waals surface area (Å²) in [6.07, 6.45) is 4.62. The first kappa shape index (κ1) is 18.3. The fourth-order valence-electron chi connectivity index (χ4n) is 4.05. The molecular weight excluding hydrogens is 368 g/mol. The smallest absolute Gasteiger partial charge is 0.140 e. The Morgan fingerprint density at radius 1 is 0.733 bits per heavy atom. The summed E-state index contributed by atoms with van der Waals surface area (Å²) in [6.45, 7) is 2.19. The molecule has 146 valence electrons. The number of aromatic amines is 1. The third-order valence-corrected chi connectivity index (χ3v) is 5.47. The Kier molecular flexibility index (Phi) is 4.81. The molecule has 0 saturated heterocycles. The fourth-order valence-corrected chi connectivity index (χ4v) is 4.05. The number of hydrogen-bond acceptors (Lipinski definition) is 3. The molecule has 0 radical (unpaired) electrons. The van der Waals surface area contributed by atoms with Crippen molar-refractivity contribution in [3.05, 3.63) is 103 Å². The van der Waals surface area contributed by atoms with Crippen molar-refractivity contribution in [2.45, 2.75) is 19.3 Å². The number of rotatable bonds is 5. The number of fused-ring (bicyclic) bond motifs is 1. The lowest BCUT2D eigenvalue weighted by Crippen LogP contribution is -2.08. The molecule has 1 N–H and O–H groups in total. The first-order chi connectivity index (χ1) is 14.8. The van der Waals surface area contributed by atoms with Crippen LogP contribution in [0, 0.1) is 0 Å². The highest BCUT2D eigenvalue weighted by molar-refractivity contribution is 5.80. The Morgan fingerprint density at radius 2 is 1.40 bits per heavy atom. The number of benzene rings is 2. The molecule has 0 aliphatic rings. The normalized spacial score (nSPS) is 12.2. The van der Waals surface area contributed by atoms with Gasteiger partial charge in [0.15, 0.2) is 0 Å². The van der Waals surface area contributed by atoms with Crippen molar-refractivity contribution in [2.24, 2.45) is 0 Å². The molecule has 4 nitrogen and oxygen atoms in total. The predicted octanol–water partition coefficient (Wildman–Crippen LogP) is 6.23. The summed E-state index contributed by atoms with van der Waals surface area (Å²) in [5.41, 5.74) is 7.35. The molecule has 0 amide bonds. The fraction of sp³-hybridized carbons (Fsp3) is 0.115. The van der Waals surface area contributed by atoms with E-state index in [0.29, 0.717) is 0 Å². The van der Waals surface area contributed by atoms with Crippen LogP contribution >= 0.6 is 0 Å². The average Bonchev–Trinajstić information content (AvgIpc) is 3.25. The second-order valence-corrected chi connectivity index (χ2v) is 7.30. The highest BCUT2D eigenvalue weighted by Crippen LogP contribution is 2.37. The third-order valence-electron chi connectivity index (χ3n) is 5.47. The van der Waals surface area contributed by atoms with Crippen LogP contribution in [0.3, 0.4) is 0 Å². The highest BCUT2D eigenvalue weighted by Gasteiger charge is 2.23. The quantitative estimate of drug-likeness (QED) is 0.387. The Morgan fingerprint density at radius 3 is 2.13 bits per heavy atom. The van der Waals surface area contributed by atoms with E-state index in [1.54, 1.807) is 0 Å². The van der Waals surface area contributed by atoms with E-state index < -0.39 is 0 Å². The Bertz CT molecular complexity index is 1260. The third kappa shape index (κ3) is 3.26. The molecule has 0 aliphatic heterocycles. The van der Waals surface area contributed by atoms with Crippen LogP contribution in [0.25, 0.3) is 33.5 Å². The number of aromatic nitrogens is 4. The summed E-state index contributed by atoms with van der Waals surface area (Å²) in [6, 6.07) is 26.7. The number of para-hydroxylation sites is 2. The van der Waals surface area contributed by atoms with Gasteiger partial charge in [0.2, 0.25) is 0 Å². The minimum absolute atomic E-state index is 0.0609. The second-order valence-electron chi connectivity index (χ2n) is 7.30. The van der Waals surface area contributed by atoms with Crippen LogP contribution in [0.2, 0.25) is 0 Å². The van der Waals surface area contributed by atoms with E-state index in [0.717, 1.165) is 45.8 Å². The van der Waals surface area contributed by atoms with Crippen molar-refractivity contribution in [3.63, 3.8) is 0 Å². The van der Waals surface area contributed by atoms with Crippen molar-refractivity contribution in [2.75, 3.05) is 0 Å². The van der Waals surface area contributed by atoms with Gasteiger partial charge in [-0.25, -0.2) is 4.98 Å². The lowest BCUT2D eigenvalue weighted by Gasteiger charge is -2.20. The summed E-state index contributed by atoms with van der Waals surface area (Å²) in [7, 11) is 0. The van der Waals surface area contributed by atoms with Gasteiger partial charge in [-0.2, -0.15) is 0 Å². The number of pyridine rings is 2. The molecule has 0 bridgehead atoms. The van der Waals surface area contributed by atoms with E-state index >= 15 is 0 Å². The van der Waals surface area contributed by atoms with Crippen LogP contribution in [0.5, 0.6) is 0 Å². The number of hydrogen-bond donors (Lipinski definition) is 1. The number of H-pyrrole nitrogens is 1. The minimum Gasteiger partial charge on any atom is -0.338 e. The van der Waals surface area contributed by atoms with Crippen molar-refractivity contribution in [1.82, 2.24) is 19.9 Å². The van der Waals surface area contributed by atoms with Gasteiger partial charge in [-0.3, -0.25) is 9.97 Å². The average molecular weight is 390 g/mol. The zero-order chi connectivity index (χ0) is 20.3. The number of nitrogens with one attached hydrogen (secondary N) is 1. The maximum Gasteiger partial charge on any atom is 0.140 e. The zero-order valence-electron chi connectivity index (χ0n) is 16.8. The van der Waals surface area contributed by atoms with E-state index in [-0.39, 0.29) is 5.92 Å². The molecule has 1 unspecified atom stereocenters. The van der Waals surface area contributed by atoms with Gasteiger partial charge < -0.3 is 4.98 Å². The SMILES string of the molecule is CCC(c1ncccc1-c1ccccc1)c1ncccc1-c1nc2ccccc2[nH]1. The van der Waals surface area contributed by atoms with Crippen LogP contribution in [0.4, 0.5) is 0 Å². The van der Waals surface area contributed by atoms with Gasteiger partial charge in [0.1, 0.15) is 5.82 Å². The molecule has 0 spiro atoms. The molecule has 30 heavy (non-hydrogen) atoms. The lowest BCUT2D eigenvalue weighted by atomic mass is 9.88. The first-order valence-corrected chi connectivity index (χ1v) is 10.3. The molecule has 0 saturated carbocycles. The Hall–Kier alpha value is -3.79. The maximum atomic E-state index is 4.82. The van der Waals surface area contributed by atoms with E-state index in [2.05, 4.69) is 48.3 Å². The molecule has 0 fully saturated rings. The summed E-state index contributed by atoms with van der Waals surface area (Å²) >= 11 is 0. The molecule has 4 heteroatoms. The minimum atomic E-state index is 0.0609. The van der Waals surface area contributed by atoms with Gasteiger partial charge >= 0.3 is 0 Å². The molecule has 3 aromatic heterocycles. The molecule has 0 aliphatic carbocycles. The molecule has 5 rings (SSSR count). The summed E-state index contributed by atoms with van der Waals surface area (Å²) in [4.78, 5) is 17.9. The van der Waals surface area contributed by atoms with Gasteiger partial charge in [0.25, 0.3) is 0 Å². The summed E-state index contributed by atoms with van der Waals surface area (Å²) < 4.78 is 0. The van der Waals surface area contributed by atoms with E-state index in [4.69, 9.17) is 15.0 Å². The monoisotopic (exact) mass is 390 g/mol. The van der Waals surface area contributed by atoms with Crippen molar-refractivity contribution < 1.29 is 0 Å². The van der Waals surface area contributed by atoms with Crippen LogP contribution in [0.1, 0.15) is 30.7 Å². The van der Waals surface area contributed by atoms with Gasteiger partial charge in [0, 0.05) is 29.4 Å². The molecular formula is C26H22N4. The van der Waals surface area contributed by atoms with Gasteiger partial charge in [-0.05, 0) is 42.3 Å². The van der Waals surface area contributed by atoms with E-state index in [1.807, 2.05) is 54.9 Å². The Balaban J connectivity index is 1.66.